The van der Waals surface area contributed by atoms with Gasteiger partial charge in [0.05, 0.1) is 0 Å². The Morgan fingerprint density at radius 1 is 0.882 bits per heavy atom. The topological polar surface area (TPSA) is 34.1 Å². The molecule has 0 saturated heterocycles. The van der Waals surface area contributed by atoms with Crippen molar-refractivity contribution >= 4 is 22.3 Å². The molecule has 0 N–H and O–H groups in total. The molecule has 0 radical (unpaired) electrons. The third kappa shape index (κ3) is 1.21. The highest BCUT2D eigenvalue weighted by molar-refractivity contribution is 6.57. The largest absolute Gasteiger partial charge is 0.285 e. The Morgan fingerprint density at radius 2 is 1.53 bits per heavy atom. The molecule has 0 amide bonds. The molecule has 0 unspecified atom stereocenters. The molecule has 0 fully saturated rings. The Kier molecular flexibility index (Phi) is 1.96. The molecule has 1 aliphatic rings. The molecule has 0 aromatic heterocycles. The molecule has 2 heteroatoms. The van der Waals surface area contributed by atoms with Crippen molar-refractivity contribution in [3.8, 4) is 0 Å². The number of ketones is 2. The molecule has 0 aliphatic heterocycles. The second-order valence-corrected chi connectivity index (χ2v) is 4.74. The molecule has 2 nitrogen and oxygen atoms in total. The highest BCUT2D eigenvalue weighted by Gasteiger charge is 2.31. The maximum atomic E-state index is 11.8. The molecule has 84 valence electrons. The SMILES string of the molecule is CC(C)c1ccc2c3c(cccc13)C(=O)C2=O. The maximum Gasteiger partial charge on any atom is 0.234 e. The zero-order chi connectivity index (χ0) is 12.2. The van der Waals surface area contributed by atoms with Crippen LogP contribution in [-0.4, -0.2) is 11.6 Å². The van der Waals surface area contributed by atoms with Gasteiger partial charge in [-0.25, -0.2) is 0 Å². The van der Waals surface area contributed by atoms with Gasteiger partial charge in [0.15, 0.2) is 0 Å². The number of carbonyl (C=O) groups excluding carboxylic acids is 2. The van der Waals surface area contributed by atoms with Crippen LogP contribution in [0.5, 0.6) is 0 Å². The van der Waals surface area contributed by atoms with Gasteiger partial charge in [0.1, 0.15) is 0 Å². The van der Waals surface area contributed by atoms with Crippen LogP contribution in [0.1, 0.15) is 46.0 Å². The fourth-order valence-electron chi connectivity index (χ4n) is 2.56. The first-order valence-electron chi connectivity index (χ1n) is 5.76. The molecule has 0 atom stereocenters. The van der Waals surface area contributed by atoms with E-state index < -0.39 is 0 Å². The van der Waals surface area contributed by atoms with E-state index >= 15 is 0 Å². The average Bonchev–Trinajstić information content (AvgIpc) is 2.57. The summed E-state index contributed by atoms with van der Waals surface area (Å²) in [6, 6.07) is 9.33. The first kappa shape index (κ1) is 10.2. The predicted octanol–water partition coefficient (Wildman–Crippen LogP) is 3.34. The zero-order valence-electron chi connectivity index (χ0n) is 9.78. The number of Topliss-reactive ketones (excluding diaryl/α,β-unsaturated/α-hetero) is 2. The van der Waals surface area contributed by atoms with Gasteiger partial charge >= 0.3 is 0 Å². The van der Waals surface area contributed by atoms with Gasteiger partial charge in [-0.1, -0.05) is 38.1 Å². The second-order valence-electron chi connectivity index (χ2n) is 4.74. The summed E-state index contributed by atoms with van der Waals surface area (Å²) in [7, 11) is 0. The molecule has 17 heavy (non-hydrogen) atoms. The molecule has 2 aromatic rings. The first-order chi connectivity index (χ1) is 8.11. The van der Waals surface area contributed by atoms with Gasteiger partial charge in [-0.2, -0.15) is 0 Å². The fourth-order valence-corrected chi connectivity index (χ4v) is 2.56. The minimum Gasteiger partial charge on any atom is -0.285 e. The first-order valence-corrected chi connectivity index (χ1v) is 5.76. The summed E-state index contributed by atoms with van der Waals surface area (Å²) >= 11 is 0. The van der Waals surface area contributed by atoms with Crippen LogP contribution in [0.2, 0.25) is 0 Å². The van der Waals surface area contributed by atoms with Gasteiger partial charge in [-0.05, 0) is 22.9 Å². The molecular formula is C15H12O2. The van der Waals surface area contributed by atoms with E-state index in [9.17, 15) is 9.59 Å². The highest BCUT2D eigenvalue weighted by Crippen LogP contribution is 2.35. The van der Waals surface area contributed by atoms with Crippen LogP contribution in [0.3, 0.4) is 0 Å². The van der Waals surface area contributed by atoms with E-state index in [0.717, 1.165) is 10.8 Å². The van der Waals surface area contributed by atoms with Crippen LogP contribution in [0.25, 0.3) is 10.8 Å². The number of hydrogen-bond acceptors (Lipinski definition) is 2. The van der Waals surface area contributed by atoms with Gasteiger partial charge in [0.2, 0.25) is 11.6 Å². The van der Waals surface area contributed by atoms with Gasteiger partial charge in [-0.3, -0.25) is 9.59 Å². The zero-order valence-corrected chi connectivity index (χ0v) is 9.78. The molecule has 3 rings (SSSR count). The number of rotatable bonds is 1. The monoisotopic (exact) mass is 224 g/mol. The van der Waals surface area contributed by atoms with Crippen LogP contribution < -0.4 is 0 Å². The summed E-state index contributed by atoms with van der Waals surface area (Å²) < 4.78 is 0. The lowest BCUT2D eigenvalue weighted by atomic mass is 9.93. The average molecular weight is 224 g/mol. The molecular weight excluding hydrogens is 212 g/mol. The van der Waals surface area contributed by atoms with E-state index in [4.69, 9.17) is 0 Å². The van der Waals surface area contributed by atoms with Gasteiger partial charge in [0.25, 0.3) is 0 Å². The van der Waals surface area contributed by atoms with Crippen LogP contribution in [-0.2, 0) is 0 Å². The van der Waals surface area contributed by atoms with Crippen molar-refractivity contribution in [1.29, 1.82) is 0 Å². The molecule has 0 heterocycles. The highest BCUT2D eigenvalue weighted by atomic mass is 16.2. The Bertz CT molecular complexity index is 646. The Balaban J connectivity index is 2.50. The Hall–Kier alpha value is -1.96. The summed E-state index contributed by atoms with van der Waals surface area (Å²) in [5, 5.41) is 1.88. The van der Waals surface area contributed by atoms with Crippen molar-refractivity contribution in [2.75, 3.05) is 0 Å². The fraction of sp³-hybridized carbons (Fsp3) is 0.200. The molecule has 0 spiro atoms. The van der Waals surface area contributed by atoms with Crippen LogP contribution in [0.15, 0.2) is 30.3 Å². The number of hydrogen-bond donors (Lipinski definition) is 0. The maximum absolute atomic E-state index is 11.8. The minimum atomic E-state index is -0.369. The lowest BCUT2D eigenvalue weighted by molar-refractivity contribution is 0.0825. The van der Waals surface area contributed by atoms with Crippen molar-refractivity contribution in [3.63, 3.8) is 0 Å². The third-order valence-corrected chi connectivity index (χ3v) is 3.39. The minimum absolute atomic E-state index is 0.369. The van der Waals surface area contributed by atoms with Crippen molar-refractivity contribution in [2.24, 2.45) is 0 Å². The van der Waals surface area contributed by atoms with E-state index in [1.54, 1.807) is 12.1 Å². The summed E-state index contributed by atoms with van der Waals surface area (Å²) in [5.74, 6) is -0.358. The van der Waals surface area contributed by atoms with Crippen molar-refractivity contribution in [2.45, 2.75) is 19.8 Å². The van der Waals surface area contributed by atoms with E-state index in [2.05, 4.69) is 13.8 Å². The van der Waals surface area contributed by atoms with Crippen LogP contribution in [0.4, 0.5) is 0 Å². The summed E-state index contributed by atoms with van der Waals surface area (Å²) in [6.07, 6.45) is 0. The van der Waals surface area contributed by atoms with E-state index in [1.807, 2.05) is 18.2 Å². The lowest BCUT2D eigenvalue weighted by Crippen LogP contribution is -2.05. The number of carbonyl (C=O) groups is 2. The number of benzene rings is 2. The smallest absolute Gasteiger partial charge is 0.234 e. The molecule has 0 saturated carbocycles. The van der Waals surface area contributed by atoms with Crippen LogP contribution >= 0.6 is 0 Å². The van der Waals surface area contributed by atoms with Crippen molar-refractivity contribution in [3.05, 3.63) is 47.0 Å². The standard InChI is InChI=1S/C15H12O2/c1-8(2)9-6-7-12-13-10(9)4-3-5-11(13)14(16)15(12)17/h3-8H,1-2H3. The van der Waals surface area contributed by atoms with Gasteiger partial charge < -0.3 is 0 Å². The molecule has 0 bridgehead atoms. The summed E-state index contributed by atoms with van der Waals surface area (Å²) in [5.41, 5.74) is 2.31. The summed E-state index contributed by atoms with van der Waals surface area (Å²) in [6.45, 7) is 4.23. The van der Waals surface area contributed by atoms with Crippen molar-refractivity contribution in [1.82, 2.24) is 0 Å². The Labute approximate surface area is 99.3 Å². The summed E-state index contributed by atoms with van der Waals surface area (Å²) in [4.78, 5) is 23.6. The van der Waals surface area contributed by atoms with E-state index in [0.29, 0.717) is 17.0 Å². The molecule has 2 aromatic carbocycles. The Morgan fingerprint density at radius 3 is 2.18 bits per heavy atom. The second kappa shape index (κ2) is 3.27. The van der Waals surface area contributed by atoms with Crippen LogP contribution in [0, 0.1) is 0 Å². The van der Waals surface area contributed by atoms with E-state index in [1.165, 1.54) is 5.56 Å². The van der Waals surface area contributed by atoms with E-state index in [-0.39, 0.29) is 11.6 Å². The lowest BCUT2D eigenvalue weighted by Gasteiger charge is -2.10. The van der Waals surface area contributed by atoms with Gasteiger partial charge in [0, 0.05) is 16.5 Å². The quantitative estimate of drug-likeness (QED) is 0.696. The molecule has 1 aliphatic carbocycles. The third-order valence-electron chi connectivity index (χ3n) is 3.39. The predicted molar refractivity (Wildman–Crippen MR) is 66.7 cm³/mol. The normalized spacial score (nSPS) is 14.1. The van der Waals surface area contributed by atoms with Crippen molar-refractivity contribution < 1.29 is 9.59 Å². The van der Waals surface area contributed by atoms with Gasteiger partial charge in [-0.15, -0.1) is 0 Å².